The summed E-state index contributed by atoms with van der Waals surface area (Å²) in [6.07, 6.45) is 1.09. The van der Waals surface area contributed by atoms with Crippen LogP contribution in [0.5, 0.6) is 0 Å². The fourth-order valence-electron chi connectivity index (χ4n) is 1.35. The predicted octanol–water partition coefficient (Wildman–Crippen LogP) is 3.52. The summed E-state index contributed by atoms with van der Waals surface area (Å²) in [4.78, 5) is 7.32. The van der Waals surface area contributed by atoms with Gasteiger partial charge in [-0.2, -0.15) is 0 Å². The minimum atomic E-state index is -1.23. The molecule has 0 N–H and O–H groups in total. The number of hydrogen-bond donors (Lipinski definition) is 0. The van der Waals surface area contributed by atoms with Crippen molar-refractivity contribution in [3.63, 3.8) is 0 Å². The maximum absolute atomic E-state index is 13.6. The van der Waals surface area contributed by atoms with Crippen molar-refractivity contribution in [2.75, 3.05) is 0 Å². The van der Waals surface area contributed by atoms with Crippen LogP contribution >= 0.6 is 11.6 Å². The molecule has 0 radical (unpaired) electrons. The van der Waals surface area contributed by atoms with Gasteiger partial charge in [0, 0.05) is 17.2 Å². The minimum absolute atomic E-state index is 0.0281. The third kappa shape index (κ3) is 2.10. The van der Waals surface area contributed by atoms with E-state index in [9.17, 15) is 13.2 Å². The van der Waals surface area contributed by atoms with Crippen LogP contribution in [0.3, 0.4) is 0 Å². The summed E-state index contributed by atoms with van der Waals surface area (Å²) in [7, 11) is 0. The summed E-state index contributed by atoms with van der Waals surface area (Å²) < 4.78 is 40.3. The van der Waals surface area contributed by atoms with E-state index in [1.165, 1.54) is 6.07 Å². The molecule has 17 heavy (non-hydrogen) atoms. The summed E-state index contributed by atoms with van der Waals surface area (Å²) in [6, 6.07) is 2.11. The number of hydrogen-bond acceptors (Lipinski definition) is 2. The Bertz CT molecular complexity index is 587. The van der Waals surface area contributed by atoms with E-state index in [0.717, 1.165) is 19.3 Å². The molecule has 0 aliphatic heterocycles. The van der Waals surface area contributed by atoms with Crippen molar-refractivity contribution in [2.45, 2.75) is 6.92 Å². The molecule has 1 aromatic heterocycles. The first-order valence-corrected chi connectivity index (χ1v) is 5.00. The smallest absolute Gasteiger partial charge is 0.168 e. The van der Waals surface area contributed by atoms with E-state index in [1.54, 1.807) is 0 Å². The minimum Gasteiger partial charge on any atom is -0.236 e. The summed E-state index contributed by atoms with van der Waals surface area (Å²) in [5.74, 6) is -3.22. The molecule has 2 nitrogen and oxygen atoms in total. The van der Waals surface area contributed by atoms with Crippen LogP contribution < -0.4 is 0 Å². The predicted molar refractivity (Wildman–Crippen MR) is 57.1 cm³/mol. The molecule has 1 heterocycles. The number of rotatable bonds is 1. The third-order valence-electron chi connectivity index (χ3n) is 2.30. The Balaban J connectivity index is 2.68. The second kappa shape index (κ2) is 4.33. The number of nitrogens with zero attached hydrogens (tertiary/aromatic N) is 2. The quantitative estimate of drug-likeness (QED) is 0.578. The van der Waals surface area contributed by atoms with Crippen molar-refractivity contribution in [3.8, 4) is 11.3 Å². The van der Waals surface area contributed by atoms with Crippen LogP contribution in [0.15, 0.2) is 18.5 Å². The van der Waals surface area contributed by atoms with Gasteiger partial charge in [0.1, 0.15) is 17.3 Å². The third-order valence-corrected chi connectivity index (χ3v) is 2.50. The lowest BCUT2D eigenvalue weighted by Crippen LogP contribution is -1.98. The Morgan fingerprint density at radius 2 is 1.76 bits per heavy atom. The van der Waals surface area contributed by atoms with E-state index in [2.05, 4.69) is 9.97 Å². The van der Waals surface area contributed by atoms with Crippen LogP contribution in [-0.2, 0) is 0 Å². The molecule has 0 aliphatic rings. The molecule has 1 aromatic carbocycles. The molecule has 6 heteroatoms. The molecule has 0 spiro atoms. The maximum atomic E-state index is 13.6. The van der Waals surface area contributed by atoms with Crippen LogP contribution in [0, 0.1) is 24.4 Å². The van der Waals surface area contributed by atoms with Crippen molar-refractivity contribution in [2.24, 2.45) is 0 Å². The standard InChI is InChI=1S/C11H6ClF3N2/c1-5-7(13)2-6(11(15)10(5)14)8-3-9(12)17-4-16-8/h2-4H,1H3. The highest BCUT2D eigenvalue weighted by molar-refractivity contribution is 6.29. The van der Waals surface area contributed by atoms with Gasteiger partial charge in [0.2, 0.25) is 0 Å². The Morgan fingerprint density at radius 3 is 2.41 bits per heavy atom. The van der Waals surface area contributed by atoms with Gasteiger partial charge in [-0.15, -0.1) is 0 Å². The molecule has 0 unspecified atom stereocenters. The SMILES string of the molecule is Cc1c(F)cc(-c2cc(Cl)ncn2)c(F)c1F. The van der Waals surface area contributed by atoms with Crippen LogP contribution in [0.2, 0.25) is 5.15 Å². The highest BCUT2D eigenvalue weighted by Crippen LogP contribution is 2.27. The highest BCUT2D eigenvalue weighted by atomic mass is 35.5. The van der Waals surface area contributed by atoms with Crippen LogP contribution in [-0.4, -0.2) is 9.97 Å². The van der Waals surface area contributed by atoms with E-state index >= 15 is 0 Å². The second-order valence-corrected chi connectivity index (χ2v) is 3.77. The molecule has 0 bridgehead atoms. The lowest BCUT2D eigenvalue weighted by Gasteiger charge is -2.06. The lowest BCUT2D eigenvalue weighted by molar-refractivity contribution is 0.488. The first-order valence-electron chi connectivity index (χ1n) is 4.62. The van der Waals surface area contributed by atoms with Crippen molar-refractivity contribution in [3.05, 3.63) is 46.6 Å². The van der Waals surface area contributed by atoms with Gasteiger partial charge in [-0.3, -0.25) is 0 Å². The first-order chi connectivity index (χ1) is 8.00. The monoisotopic (exact) mass is 258 g/mol. The van der Waals surface area contributed by atoms with Crippen molar-refractivity contribution in [1.82, 2.24) is 9.97 Å². The molecule has 0 aliphatic carbocycles. The van der Waals surface area contributed by atoms with E-state index < -0.39 is 17.5 Å². The molecule has 0 saturated heterocycles. The first kappa shape index (κ1) is 11.9. The molecular formula is C11H6ClF3N2. The van der Waals surface area contributed by atoms with Crippen molar-refractivity contribution >= 4 is 11.6 Å². The van der Waals surface area contributed by atoms with E-state index in [1.807, 2.05) is 0 Å². The number of benzene rings is 1. The molecular weight excluding hydrogens is 253 g/mol. The van der Waals surface area contributed by atoms with Crippen molar-refractivity contribution < 1.29 is 13.2 Å². The van der Waals surface area contributed by atoms with Gasteiger partial charge in [0.05, 0.1) is 5.69 Å². The van der Waals surface area contributed by atoms with Crippen LogP contribution in [0.25, 0.3) is 11.3 Å². The molecule has 2 rings (SSSR count). The van der Waals surface area contributed by atoms with Crippen molar-refractivity contribution in [1.29, 1.82) is 0 Å². The van der Waals surface area contributed by atoms with Gasteiger partial charge < -0.3 is 0 Å². The van der Waals surface area contributed by atoms with Gasteiger partial charge in [-0.1, -0.05) is 11.6 Å². The summed E-state index contributed by atoms with van der Waals surface area (Å²) in [5, 5.41) is 0.0655. The van der Waals surface area contributed by atoms with E-state index in [0.29, 0.717) is 0 Å². The average Bonchev–Trinajstić information content (AvgIpc) is 2.31. The van der Waals surface area contributed by atoms with Gasteiger partial charge in [0.15, 0.2) is 11.6 Å². The normalized spacial score (nSPS) is 10.6. The maximum Gasteiger partial charge on any atom is 0.168 e. The zero-order chi connectivity index (χ0) is 12.6. The van der Waals surface area contributed by atoms with E-state index in [4.69, 9.17) is 11.6 Å². The Hall–Kier alpha value is -1.62. The molecule has 0 atom stereocenters. The van der Waals surface area contributed by atoms with Gasteiger partial charge in [0.25, 0.3) is 0 Å². The number of aromatic nitrogens is 2. The zero-order valence-corrected chi connectivity index (χ0v) is 9.39. The molecule has 0 amide bonds. The largest absolute Gasteiger partial charge is 0.236 e. The fourth-order valence-corrected chi connectivity index (χ4v) is 1.50. The van der Waals surface area contributed by atoms with Gasteiger partial charge >= 0.3 is 0 Å². The molecule has 0 saturated carbocycles. The average molecular weight is 259 g/mol. The van der Waals surface area contributed by atoms with E-state index in [-0.39, 0.29) is 22.0 Å². The van der Waals surface area contributed by atoms with Crippen LogP contribution in [0.4, 0.5) is 13.2 Å². The summed E-state index contributed by atoms with van der Waals surface area (Å²) >= 11 is 5.60. The van der Waals surface area contributed by atoms with Gasteiger partial charge in [-0.25, -0.2) is 23.1 Å². The number of halogens is 4. The Kier molecular flexibility index (Phi) is 3.02. The second-order valence-electron chi connectivity index (χ2n) is 3.38. The zero-order valence-electron chi connectivity index (χ0n) is 8.64. The molecule has 2 aromatic rings. The summed E-state index contributed by atoms with van der Waals surface area (Å²) in [6.45, 7) is 1.16. The molecule has 0 fully saturated rings. The highest BCUT2D eigenvalue weighted by Gasteiger charge is 2.17. The van der Waals surface area contributed by atoms with Crippen LogP contribution in [0.1, 0.15) is 5.56 Å². The Labute approximate surface area is 100 Å². The van der Waals surface area contributed by atoms with Gasteiger partial charge in [-0.05, 0) is 13.0 Å². The fraction of sp³-hybridized carbons (Fsp3) is 0.0909. The molecule has 88 valence electrons. The summed E-state index contributed by atoms with van der Waals surface area (Å²) in [5.41, 5.74) is -0.624. The Morgan fingerprint density at radius 1 is 1.06 bits per heavy atom. The topological polar surface area (TPSA) is 25.8 Å². The lowest BCUT2D eigenvalue weighted by atomic mass is 10.1.